The van der Waals surface area contributed by atoms with Gasteiger partial charge in [0.25, 0.3) is 0 Å². The molecule has 0 saturated heterocycles. The average Bonchev–Trinajstić information content (AvgIpc) is 2.32. The quantitative estimate of drug-likeness (QED) is 0.727. The number of rotatable bonds is 7. The van der Waals surface area contributed by atoms with E-state index >= 15 is 0 Å². The smallest absolute Gasteiger partial charge is 0.142 e. The van der Waals surface area contributed by atoms with Gasteiger partial charge in [0.2, 0.25) is 0 Å². The lowest BCUT2D eigenvalue weighted by molar-refractivity contribution is 0.459. The second-order valence-electron chi connectivity index (χ2n) is 4.43. The van der Waals surface area contributed by atoms with E-state index in [-0.39, 0.29) is 10.8 Å². The predicted octanol–water partition coefficient (Wildman–Crippen LogP) is 4.05. The fourth-order valence-electron chi connectivity index (χ4n) is 1.84. The van der Waals surface area contributed by atoms with E-state index in [2.05, 4.69) is 19.2 Å². The van der Waals surface area contributed by atoms with Crippen molar-refractivity contribution in [2.75, 3.05) is 13.1 Å². The Morgan fingerprint density at radius 2 is 2.12 bits per heavy atom. The maximum Gasteiger partial charge on any atom is 0.142 e. The molecular formula is C14H21ClFN. The number of benzene rings is 1. The van der Waals surface area contributed by atoms with Gasteiger partial charge in [-0.1, -0.05) is 37.9 Å². The molecule has 0 aliphatic heterocycles. The Hall–Kier alpha value is -0.600. The summed E-state index contributed by atoms with van der Waals surface area (Å²) in [7, 11) is 0. The maximum atomic E-state index is 13.3. The summed E-state index contributed by atoms with van der Waals surface area (Å²) in [5, 5.41) is 3.61. The van der Waals surface area contributed by atoms with Crippen molar-refractivity contribution in [1.82, 2.24) is 5.32 Å². The molecule has 0 fully saturated rings. The van der Waals surface area contributed by atoms with Crippen LogP contribution in [0.15, 0.2) is 18.2 Å². The summed E-state index contributed by atoms with van der Waals surface area (Å²) in [5.41, 5.74) is 1.03. The third-order valence-corrected chi connectivity index (χ3v) is 3.25. The van der Waals surface area contributed by atoms with Gasteiger partial charge >= 0.3 is 0 Å². The molecule has 1 rings (SSSR count). The molecule has 1 unspecified atom stereocenters. The van der Waals surface area contributed by atoms with Crippen molar-refractivity contribution in [3.63, 3.8) is 0 Å². The Balaban J connectivity index is 2.51. The van der Waals surface area contributed by atoms with Crippen LogP contribution in [-0.2, 0) is 6.42 Å². The summed E-state index contributed by atoms with van der Waals surface area (Å²) < 4.78 is 13.3. The first-order valence-electron chi connectivity index (χ1n) is 6.32. The molecule has 1 aromatic carbocycles. The Labute approximate surface area is 108 Å². The zero-order chi connectivity index (χ0) is 12.7. The molecule has 0 aliphatic rings. The van der Waals surface area contributed by atoms with Gasteiger partial charge in [-0.05, 0) is 49.5 Å². The summed E-state index contributed by atoms with van der Waals surface area (Å²) >= 11 is 5.67. The standard InChI is InChI=1S/C14H21ClFN/c1-3-7-17-10-11(4-2)8-12-5-6-13(15)14(16)9-12/h5-6,9,11,17H,3-4,7-8,10H2,1-2H3. The molecular weight excluding hydrogens is 237 g/mol. The normalized spacial score (nSPS) is 12.7. The van der Waals surface area contributed by atoms with Crippen molar-refractivity contribution in [3.05, 3.63) is 34.6 Å². The van der Waals surface area contributed by atoms with Crippen LogP contribution in [0.4, 0.5) is 4.39 Å². The Morgan fingerprint density at radius 1 is 1.35 bits per heavy atom. The largest absolute Gasteiger partial charge is 0.316 e. The molecule has 1 atom stereocenters. The number of hydrogen-bond acceptors (Lipinski definition) is 1. The monoisotopic (exact) mass is 257 g/mol. The molecule has 0 radical (unpaired) electrons. The zero-order valence-corrected chi connectivity index (χ0v) is 11.4. The van der Waals surface area contributed by atoms with Crippen molar-refractivity contribution >= 4 is 11.6 Å². The van der Waals surface area contributed by atoms with Crippen molar-refractivity contribution in [2.45, 2.75) is 33.1 Å². The van der Waals surface area contributed by atoms with Gasteiger partial charge in [0, 0.05) is 0 Å². The van der Waals surface area contributed by atoms with Crippen LogP contribution in [0.25, 0.3) is 0 Å². The fraction of sp³-hybridized carbons (Fsp3) is 0.571. The van der Waals surface area contributed by atoms with Crippen molar-refractivity contribution in [2.24, 2.45) is 5.92 Å². The Bertz CT molecular complexity index is 341. The van der Waals surface area contributed by atoms with Crippen molar-refractivity contribution in [1.29, 1.82) is 0 Å². The minimum Gasteiger partial charge on any atom is -0.316 e. The lowest BCUT2D eigenvalue weighted by Gasteiger charge is -2.15. The van der Waals surface area contributed by atoms with E-state index in [1.165, 1.54) is 0 Å². The van der Waals surface area contributed by atoms with Gasteiger partial charge in [-0.3, -0.25) is 0 Å². The van der Waals surface area contributed by atoms with Crippen LogP contribution in [0.3, 0.4) is 0 Å². The lowest BCUT2D eigenvalue weighted by Crippen LogP contribution is -2.24. The minimum absolute atomic E-state index is 0.200. The molecule has 96 valence electrons. The van der Waals surface area contributed by atoms with E-state index < -0.39 is 0 Å². The molecule has 0 aromatic heterocycles. The molecule has 0 aliphatic carbocycles. The number of hydrogen-bond donors (Lipinski definition) is 1. The highest BCUT2D eigenvalue weighted by molar-refractivity contribution is 6.30. The maximum absolute atomic E-state index is 13.3. The van der Waals surface area contributed by atoms with E-state index in [0.717, 1.165) is 37.9 Å². The molecule has 0 heterocycles. The van der Waals surface area contributed by atoms with Crippen molar-refractivity contribution in [3.8, 4) is 0 Å². The highest BCUT2D eigenvalue weighted by atomic mass is 35.5. The highest BCUT2D eigenvalue weighted by Gasteiger charge is 2.08. The zero-order valence-electron chi connectivity index (χ0n) is 10.6. The SMILES string of the molecule is CCCNCC(CC)Cc1ccc(Cl)c(F)c1. The topological polar surface area (TPSA) is 12.0 Å². The van der Waals surface area contributed by atoms with E-state index in [4.69, 9.17) is 11.6 Å². The molecule has 1 N–H and O–H groups in total. The van der Waals surface area contributed by atoms with Crippen LogP contribution in [-0.4, -0.2) is 13.1 Å². The molecule has 0 saturated carbocycles. The van der Waals surface area contributed by atoms with Crippen LogP contribution in [0.5, 0.6) is 0 Å². The van der Waals surface area contributed by atoms with Gasteiger partial charge in [0.15, 0.2) is 0 Å². The average molecular weight is 258 g/mol. The van der Waals surface area contributed by atoms with Crippen LogP contribution >= 0.6 is 11.6 Å². The van der Waals surface area contributed by atoms with Gasteiger partial charge in [-0.2, -0.15) is 0 Å². The lowest BCUT2D eigenvalue weighted by atomic mass is 9.97. The van der Waals surface area contributed by atoms with Gasteiger partial charge < -0.3 is 5.32 Å². The summed E-state index contributed by atoms with van der Waals surface area (Å²) in [5.74, 6) is 0.239. The second kappa shape index (κ2) is 7.67. The van der Waals surface area contributed by atoms with Gasteiger partial charge in [-0.25, -0.2) is 4.39 Å². The van der Waals surface area contributed by atoms with E-state index in [9.17, 15) is 4.39 Å². The Morgan fingerprint density at radius 3 is 2.71 bits per heavy atom. The summed E-state index contributed by atoms with van der Waals surface area (Å²) in [4.78, 5) is 0. The fourth-order valence-corrected chi connectivity index (χ4v) is 1.96. The first-order valence-corrected chi connectivity index (χ1v) is 6.69. The first kappa shape index (κ1) is 14.5. The summed E-state index contributed by atoms with van der Waals surface area (Å²) in [6.45, 7) is 6.37. The number of nitrogens with one attached hydrogen (secondary N) is 1. The van der Waals surface area contributed by atoms with Crippen LogP contribution in [0, 0.1) is 11.7 Å². The third-order valence-electron chi connectivity index (χ3n) is 2.95. The van der Waals surface area contributed by atoms with E-state index in [1.54, 1.807) is 12.1 Å². The second-order valence-corrected chi connectivity index (χ2v) is 4.84. The van der Waals surface area contributed by atoms with E-state index in [1.807, 2.05) is 6.07 Å². The first-order chi connectivity index (χ1) is 8.17. The summed E-state index contributed by atoms with van der Waals surface area (Å²) in [6.07, 6.45) is 3.15. The van der Waals surface area contributed by atoms with Crippen LogP contribution < -0.4 is 5.32 Å². The molecule has 3 heteroatoms. The van der Waals surface area contributed by atoms with E-state index in [0.29, 0.717) is 5.92 Å². The molecule has 0 spiro atoms. The van der Waals surface area contributed by atoms with Gasteiger partial charge in [0.1, 0.15) is 5.82 Å². The van der Waals surface area contributed by atoms with Gasteiger partial charge in [0.05, 0.1) is 5.02 Å². The minimum atomic E-state index is -0.319. The molecule has 1 nitrogen and oxygen atoms in total. The van der Waals surface area contributed by atoms with Crippen LogP contribution in [0.2, 0.25) is 5.02 Å². The molecule has 17 heavy (non-hydrogen) atoms. The Kier molecular flexibility index (Phi) is 6.53. The van der Waals surface area contributed by atoms with Crippen molar-refractivity contribution < 1.29 is 4.39 Å². The van der Waals surface area contributed by atoms with Gasteiger partial charge in [-0.15, -0.1) is 0 Å². The highest BCUT2D eigenvalue weighted by Crippen LogP contribution is 2.18. The number of halogens is 2. The third kappa shape index (κ3) is 5.05. The molecule has 0 amide bonds. The van der Waals surface area contributed by atoms with Crippen LogP contribution in [0.1, 0.15) is 32.3 Å². The molecule has 1 aromatic rings. The molecule has 0 bridgehead atoms. The predicted molar refractivity (Wildman–Crippen MR) is 72.1 cm³/mol. The summed E-state index contributed by atoms with van der Waals surface area (Å²) in [6, 6.07) is 5.09.